The first-order valence-corrected chi connectivity index (χ1v) is 10.5. The number of aromatic nitrogens is 3. The van der Waals surface area contributed by atoms with E-state index < -0.39 is 6.09 Å². The minimum absolute atomic E-state index is 0.0456. The fourth-order valence-electron chi connectivity index (χ4n) is 2.81. The summed E-state index contributed by atoms with van der Waals surface area (Å²) in [6.07, 6.45) is 2.10. The third-order valence-corrected chi connectivity index (χ3v) is 5.63. The van der Waals surface area contributed by atoms with Crippen molar-refractivity contribution in [3.05, 3.63) is 69.9 Å². The predicted octanol–water partition coefficient (Wildman–Crippen LogP) is 4.34. The number of nitrogens with zero attached hydrogens (tertiary/aromatic N) is 3. The molecule has 0 aliphatic heterocycles. The van der Waals surface area contributed by atoms with Gasteiger partial charge < -0.3 is 19.8 Å². The zero-order chi connectivity index (χ0) is 21.0. The Morgan fingerprint density at radius 3 is 2.45 bits per heavy atom. The third-order valence-electron chi connectivity index (χ3n) is 4.10. The fraction of sp³-hybridized carbons (Fsp3) is 0.250. The molecule has 2 heterocycles. The molecule has 0 saturated heterocycles. The molecule has 2 aromatic heterocycles. The maximum Gasteiger partial charge on any atom is 0.134 e. The summed E-state index contributed by atoms with van der Waals surface area (Å²) >= 11 is 13.8. The van der Waals surface area contributed by atoms with Crippen LogP contribution in [0.25, 0.3) is 0 Å². The standard InChI is InChI=1S/C20H20Cl2N4O2S/c1-12(2)18-19(29-16-8-14(21)7-15(22)9-16)26(11-13-3-5-23-6-4-13)17(25-18)10-24-20(27)28/h3-9,12,24H,10-11H2,1-2H3,(H,27,28)/p-1. The third kappa shape index (κ3) is 5.65. The SMILES string of the molecule is CC(C)c1nc(CNC(=O)[O-])n(Cc2ccncc2)c1Sc1cc(Cl)cc(Cl)c1. The molecule has 9 heteroatoms. The van der Waals surface area contributed by atoms with Crippen molar-refractivity contribution in [2.75, 3.05) is 0 Å². The summed E-state index contributed by atoms with van der Waals surface area (Å²) in [5.41, 5.74) is 1.89. The molecule has 3 aromatic rings. The van der Waals surface area contributed by atoms with Crippen molar-refractivity contribution in [2.45, 2.75) is 42.8 Å². The Bertz CT molecular complexity index is 989. The van der Waals surface area contributed by atoms with Gasteiger partial charge in [0.05, 0.1) is 12.2 Å². The molecule has 0 aliphatic carbocycles. The lowest BCUT2D eigenvalue weighted by atomic mass is 10.1. The van der Waals surface area contributed by atoms with E-state index in [9.17, 15) is 9.90 Å². The number of imidazole rings is 1. The number of amides is 1. The minimum atomic E-state index is -1.34. The van der Waals surface area contributed by atoms with E-state index in [0.29, 0.717) is 22.4 Å². The van der Waals surface area contributed by atoms with Crippen molar-refractivity contribution in [1.29, 1.82) is 0 Å². The van der Waals surface area contributed by atoms with Gasteiger partial charge in [-0.2, -0.15) is 0 Å². The predicted molar refractivity (Wildman–Crippen MR) is 112 cm³/mol. The summed E-state index contributed by atoms with van der Waals surface area (Å²) in [5, 5.41) is 15.2. The highest BCUT2D eigenvalue weighted by Crippen LogP contribution is 2.37. The topological polar surface area (TPSA) is 82.9 Å². The number of pyridine rings is 1. The number of carbonyl (C=O) groups is 1. The number of rotatable bonds is 7. The second-order valence-corrected chi connectivity index (χ2v) is 8.60. The molecule has 0 bridgehead atoms. The average Bonchev–Trinajstić information content (AvgIpc) is 2.97. The van der Waals surface area contributed by atoms with E-state index in [1.807, 2.05) is 42.7 Å². The van der Waals surface area contributed by atoms with Crippen molar-refractivity contribution in [3.63, 3.8) is 0 Å². The van der Waals surface area contributed by atoms with Crippen molar-refractivity contribution in [3.8, 4) is 0 Å². The van der Waals surface area contributed by atoms with Gasteiger partial charge >= 0.3 is 0 Å². The first-order chi connectivity index (χ1) is 13.8. The van der Waals surface area contributed by atoms with Crippen molar-refractivity contribution < 1.29 is 9.90 Å². The highest BCUT2D eigenvalue weighted by atomic mass is 35.5. The summed E-state index contributed by atoms with van der Waals surface area (Å²) in [6.45, 7) is 4.65. The molecule has 3 rings (SSSR count). The largest absolute Gasteiger partial charge is 0.530 e. The second kappa shape index (κ2) is 9.52. The first-order valence-electron chi connectivity index (χ1n) is 8.90. The molecule has 0 saturated carbocycles. The molecule has 0 atom stereocenters. The lowest BCUT2D eigenvalue weighted by Gasteiger charge is -2.14. The minimum Gasteiger partial charge on any atom is -0.530 e. The Balaban J connectivity index is 2.08. The van der Waals surface area contributed by atoms with E-state index in [4.69, 9.17) is 28.2 Å². The maximum absolute atomic E-state index is 10.9. The Morgan fingerprint density at radius 2 is 1.86 bits per heavy atom. The molecule has 29 heavy (non-hydrogen) atoms. The average molecular weight is 450 g/mol. The first kappa shape index (κ1) is 21.5. The van der Waals surface area contributed by atoms with Gasteiger partial charge in [0.1, 0.15) is 16.9 Å². The molecule has 152 valence electrons. The van der Waals surface area contributed by atoms with E-state index in [0.717, 1.165) is 21.2 Å². The van der Waals surface area contributed by atoms with Crippen LogP contribution in [-0.2, 0) is 13.1 Å². The highest BCUT2D eigenvalue weighted by Gasteiger charge is 2.21. The number of benzene rings is 1. The van der Waals surface area contributed by atoms with Crippen LogP contribution in [0.2, 0.25) is 10.0 Å². The smallest absolute Gasteiger partial charge is 0.134 e. The van der Waals surface area contributed by atoms with Crippen molar-refractivity contribution >= 4 is 41.1 Å². The van der Waals surface area contributed by atoms with Crippen LogP contribution >= 0.6 is 35.0 Å². The molecule has 1 aromatic carbocycles. The van der Waals surface area contributed by atoms with E-state index in [1.54, 1.807) is 18.5 Å². The molecular weight excluding hydrogens is 431 g/mol. The van der Waals surface area contributed by atoms with Gasteiger partial charge in [-0.3, -0.25) is 4.98 Å². The lowest BCUT2D eigenvalue weighted by molar-refractivity contribution is -0.251. The van der Waals surface area contributed by atoms with E-state index in [-0.39, 0.29) is 12.5 Å². The van der Waals surface area contributed by atoms with Gasteiger partial charge in [-0.25, -0.2) is 4.98 Å². The monoisotopic (exact) mass is 449 g/mol. The normalized spacial score (nSPS) is 11.1. The van der Waals surface area contributed by atoms with Crippen LogP contribution in [0.4, 0.5) is 4.79 Å². The molecule has 0 spiro atoms. The van der Waals surface area contributed by atoms with E-state index in [2.05, 4.69) is 10.3 Å². The Kier molecular flexibility index (Phi) is 7.05. The van der Waals surface area contributed by atoms with Crippen LogP contribution in [0.5, 0.6) is 0 Å². The molecule has 0 radical (unpaired) electrons. The van der Waals surface area contributed by atoms with Gasteiger partial charge in [-0.15, -0.1) is 0 Å². The summed E-state index contributed by atoms with van der Waals surface area (Å²) in [6, 6.07) is 9.18. The number of nitrogens with one attached hydrogen (secondary N) is 1. The molecular formula is C20H19Cl2N4O2S-. The molecule has 0 aliphatic rings. The maximum atomic E-state index is 10.9. The van der Waals surface area contributed by atoms with Crippen LogP contribution in [0, 0.1) is 0 Å². The second-order valence-electron chi connectivity index (χ2n) is 6.66. The van der Waals surface area contributed by atoms with Gasteiger partial charge in [0.15, 0.2) is 0 Å². The number of hydrogen-bond acceptors (Lipinski definition) is 5. The number of carboxylic acid groups (broad SMARTS) is 1. The summed E-state index contributed by atoms with van der Waals surface area (Å²) in [7, 11) is 0. The zero-order valence-electron chi connectivity index (χ0n) is 15.9. The molecule has 6 nitrogen and oxygen atoms in total. The van der Waals surface area contributed by atoms with Crippen molar-refractivity contribution in [1.82, 2.24) is 19.9 Å². The summed E-state index contributed by atoms with van der Waals surface area (Å²) in [5.74, 6) is 0.734. The molecule has 0 unspecified atom stereocenters. The summed E-state index contributed by atoms with van der Waals surface area (Å²) < 4.78 is 2.00. The van der Waals surface area contributed by atoms with Gasteiger partial charge in [-0.05, 0) is 41.8 Å². The van der Waals surface area contributed by atoms with E-state index >= 15 is 0 Å². The Hall–Kier alpha value is -2.22. The molecule has 0 fully saturated rings. The van der Waals surface area contributed by atoms with Gasteiger partial charge in [-0.1, -0.05) is 48.8 Å². The van der Waals surface area contributed by atoms with Crippen molar-refractivity contribution in [2.24, 2.45) is 0 Å². The number of carbonyl (C=O) groups excluding carboxylic acids is 1. The van der Waals surface area contributed by atoms with Gasteiger partial charge in [0.2, 0.25) is 0 Å². The number of hydrogen-bond donors (Lipinski definition) is 1. The van der Waals surface area contributed by atoms with E-state index in [1.165, 1.54) is 11.8 Å². The fourth-order valence-corrected chi connectivity index (χ4v) is 4.72. The Morgan fingerprint density at radius 1 is 1.21 bits per heavy atom. The lowest BCUT2D eigenvalue weighted by Crippen LogP contribution is -2.36. The number of halogens is 2. The summed E-state index contributed by atoms with van der Waals surface area (Å²) in [4.78, 5) is 20.6. The molecule has 1 amide bonds. The quantitative estimate of drug-likeness (QED) is 0.579. The van der Waals surface area contributed by atoms with Crippen LogP contribution in [0.3, 0.4) is 0 Å². The molecule has 1 N–H and O–H groups in total. The highest BCUT2D eigenvalue weighted by molar-refractivity contribution is 7.99. The van der Waals surface area contributed by atoms with Crippen LogP contribution in [0.15, 0.2) is 52.6 Å². The zero-order valence-corrected chi connectivity index (χ0v) is 18.2. The van der Waals surface area contributed by atoms with Crippen LogP contribution in [-0.4, -0.2) is 20.6 Å². The van der Waals surface area contributed by atoms with Crippen LogP contribution in [0.1, 0.15) is 36.8 Å². The van der Waals surface area contributed by atoms with Gasteiger partial charge in [0.25, 0.3) is 0 Å². The van der Waals surface area contributed by atoms with Gasteiger partial charge in [0, 0.05) is 33.9 Å². The Labute approximate surface area is 183 Å². The van der Waals surface area contributed by atoms with Crippen LogP contribution < -0.4 is 10.4 Å².